The Morgan fingerprint density at radius 1 is 1.16 bits per heavy atom. The van der Waals surface area contributed by atoms with E-state index in [1.807, 2.05) is 0 Å². The molecule has 0 atom stereocenters. The van der Waals surface area contributed by atoms with E-state index in [1.165, 1.54) is 12.1 Å². The minimum Gasteiger partial charge on any atom is -0.370 e. The predicted octanol–water partition coefficient (Wildman–Crippen LogP) is 3.17. The molecule has 1 aromatic heterocycles. The summed E-state index contributed by atoms with van der Waals surface area (Å²) in [6.45, 7) is 2.88. The third kappa shape index (κ3) is 3.98. The van der Waals surface area contributed by atoms with Crippen molar-refractivity contribution in [1.29, 1.82) is 0 Å². The molecular weight excluding hydrogens is 248 g/mol. The van der Waals surface area contributed by atoms with Crippen LogP contribution in [0.4, 0.5) is 14.6 Å². The van der Waals surface area contributed by atoms with Crippen molar-refractivity contribution in [2.75, 3.05) is 11.9 Å². The first-order valence-electron chi connectivity index (χ1n) is 6.18. The molecule has 3 nitrogen and oxygen atoms in total. The fraction of sp³-hybridized carbons (Fsp3) is 0.286. The maximum Gasteiger partial charge on any atom is 0.135 e. The summed E-state index contributed by atoms with van der Waals surface area (Å²) >= 11 is 0. The normalized spacial score (nSPS) is 10.5. The van der Waals surface area contributed by atoms with Crippen LogP contribution in [0, 0.1) is 11.6 Å². The van der Waals surface area contributed by atoms with Gasteiger partial charge >= 0.3 is 0 Å². The third-order valence-electron chi connectivity index (χ3n) is 2.55. The van der Waals surface area contributed by atoms with Crippen molar-refractivity contribution in [3.05, 3.63) is 53.5 Å². The first kappa shape index (κ1) is 13.4. The zero-order valence-corrected chi connectivity index (χ0v) is 10.7. The average molecular weight is 263 g/mol. The second-order valence-corrected chi connectivity index (χ2v) is 4.24. The summed E-state index contributed by atoms with van der Waals surface area (Å²) in [5.41, 5.74) is 0.519. The average Bonchev–Trinajstić information content (AvgIpc) is 2.35. The highest BCUT2D eigenvalue weighted by Gasteiger charge is 2.04. The molecule has 0 radical (unpaired) electrons. The maximum absolute atomic E-state index is 13.1. The molecule has 19 heavy (non-hydrogen) atoms. The van der Waals surface area contributed by atoms with Gasteiger partial charge in [0.15, 0.2) is 0 Å². The van der Waals surface area contributed by atoms with Gasteiger partial charge < -0.3 is 5.32 Å². The molecule has 0 amide bonds. The smallest absolute Gasteiger partial charge is 0.135 e. The van der Waals surface area contributed by atoms with Gasteiger partial charge in [0.25, 0.3) is 0 Å². The summed E-state index contributed by atoms with van der Waals surface area (Å²) in [6, 6.07) is 5.20. The maximum atomic E-state index is 13.1. The molecule has 0 fully saturated rings. The van der Waals surface area contributed by atoms with Crippen molar-refractivity contribution in [3.63, 3.8) is 0 Å². The van der Waals surface area contributed by atoms with Crippen molar-refractivity contribution in [3.8, 4) is 0 Å². The number of nitrogens with zero attached hydrogens (tertiary/aromatic N) is 2. The number of anilines is 1. The van der Waals surface area contributed by atoms with Gasteiger partial charge in [-0.15, -0.1) is 0 Å². The Balaban J connectivity index is 2.13. The van der Waals surface area contributed by atoms with E-state index in [0.29, 0.717) is 17.8 Å². The second-order valence-electron chi connectivity index (χ2n) is 4.24. The predicted molar refractivity (Wildman–Crippen MR) is 70.0 cm³/mol. The summed E-state index contributed by atoms with van der Waals surface area (Å²) in [5, 5.41) is 3.14. The quantitative estimate of drug-likeness (QED) is 0.900. The number of halogens is 2. The lowest BCUT2D eigenvalue weighted by Crippen LogP contribution is -2.05. The summed E-state index contributed by atoms with van der Waals surface area (Å²) in [5.74, 6) is 0.0837. The first-order chi connectivity index (χ1) is 9.17. The minimum atomic E-state index is -0.588. The summed E-state index contributed by atoms with van der Waals surface area (Å²) in [7, 11) is 0. The topological polar surface area (TPSA) is 37.8 Å². The lowest BCUT2D eigenvalue weighted by molar-refractivity contribution is 0.580. The molecule has 2 rings (SSSR count). The first-order valence-corrected chi connectivity index (χ1v) is 6.18. The number of hydrogen-bond acceptors (Lipinski definition) is 3. The van der Waals surface area contributed by atoms with Gasteiger partial charge in [-0.3, -0.25) is 0 Å². The molecule has 0 aliphatic carbocycles. The lowest BCUT2D eigenvalue weighted by atomic mass is 10.1. The molecule has 1 N–H and O–H groups in total. The van der Waals surface area contributed by atoms with Crippen molar-refractivity contribution in [1.82, 2.24) is 9.97 Å². The molecule has 2 aromatic rings. The van der Waals surface area contributed by atoms with Crippen LogP contribution >= 0.6 is 0 Å². The van der Waals surface area contributed by atoms with E-state index < -0.39 is 11.6 Å². The highest BCUT2D eigenvalue weighted by Crippen LogP contribution is 2.12. The number of benzene rings is 1. The SMILES string of the molecule is CCCNc1ccnc(Cc2cc(F)cc(F)c2)n1. The zero-order chi connectivity index (χ0) is 13.7. The van der Waals surface area contributed by atoms with Crippen LogP contribution < -0.4 is 5.32 Å². The number of nitrogens with one attached hydrogen (secondary N) is 1. The van der Waals surface area contributed by atoms with Gasteiger partial charge in [-0.1, -0.05) is 6.92 Å². The van der Waals surface area contributed by atoms with Gasteiger partial charge in [0.2, 0.25) is 0 Å². The Labute approximate surface area is 110 Å². The largest absolute Gasteiger partial charge is 0.370 e. The molecule has 0 unspecified atom stereocenters. The standard InChI is InChI=1S/C14H15F2N3/c1-2-4-17-13-3-5-18-14(19-13)8-10-6-11(15)9-12(16)7-10/h3,5-7,9H,2,4,8H2,1H3,(H,17,18,19). The van der Waals surface area contributed by atoms with Crippen LogP contribution in [-0.4, -0.2) is 16.5 Å². The molecule has 0 aliphatic heterocycles. The summed E-state index contributed by atoms with van der Waals surface area (Å²) in [4.78, 5) is 8.40. The van der Waals surface area contributed by atoms with Crippen LogP contribution in [0.25, 0.3) is 0 Å². The molecule has 5 heteroatoms. The molecular formula is C14H15F2N3. The van der Waals surface area contributed by atoms with Crippen LogP contribution in [0.15, 0.2) is 30.5 Å². The van der Waals surface area contributed by atoms with E-state index in [0.717, 1.165) is 24.8 Å². The van der Waals surface area contributed by atoms with E-state index in [-0.39, 0.29) is 0 Å². The van der Waals surface area contributed by atoms with Crippen LogP contribution in [0.5, 0.6) is 0 Å². The summed E-state index contributed by atoms with van der Waals surface area (Å²) in [6.07, 6.45) is 2.93. The molecule has 0 saturated heterocycles. The van der Waals surface area contributed by atoms with E-state index in [4.69, 9.17) is 0 Å². The molecule has 1 heterocycles. The van der Waals surface area contributed by atoms with Crippen LogP contribution in [-0.2, 0) is 6.42 Å². The second kappa shape index (κ2) is 6.22. The van der Waals surface area contributed by atoms with E-state index in [1.54, 1.807) is 12.3 Å². The molecule has 1 aromatic carbocycles. The molecule has 0 spiro atoms. The van der Waals surface area contributed by atoms with Gasteiger partial charge in [-0.05, 0) is 30.2 Å². The molecule has 100 valence electrons. The van der Waals surface area contributed by atoms with E-state index >= 15 is 0 Å². The number of hydrogen-bond donors (Lipinski definition) is 1. The fourth-order valence-electron chi connectivity index (χ4n) is 1.73. The minimum absolute atomic E-state index is 0.302. The van der Waals surface area contributed by atoms with Gasteiger partial charge in [-0.25, -0.2) is 18.7 Å². The Kier molecular flexibility index (Phi) is 4.39. The van der Waals surface area contributed by atoms with Crippen LogP contribution in [0.2, 0.25) is 0 Å². The third-order valence-corrected chi connectivity index (χ3v) is 2.55. The lowest BCUT2D eigenvalue weighted by Gasteiger charge is -2.06. The van der Waals surface area contributed by atoms with Gasteiger partial charge in [0.1, 0.15) is 23.3 Å². The molecule has 0 bridgehead atoms. The Bertz CT molecular complexity index is 538. The van der Waals surface area contributed by atoms with E-state index in [2.05, 4.69) is 22.2 Å². The van der Waals surface area contributed by atoms with Crippen molar-refractivity contribution < 1.29 is 8.78 Å². The highest BCUT2D eigenvalue weighted by atomic mass is 19.1. The number of rotatable bonds is 5. The van der Waals surface area contributed by atoms with Crippen molar-refractivity contribution >= 4 is 5.82 Å². The molecule has 0 aliphatic rings. The number of aromatic nitrogens is 2. The van der Waals surface area contributed by atoms with Gasteiger partial charge in [0, 0.05) is 25.2 Å². The van der Waals surface area contributed by atoms with Crippen molar-refractivity contribution in [2.24, 2.45) is 0 Å². The Morgan fingerprint density at radius 2 is 1.89 bits per heavy atom. The Morgan fingerprint density at radius 3 is 2.58 bits per heavy atom. The zero-order valence-electron chi connectivity index (χ0n) is 10.7. The summed E-state index contributed by atoms with van der Waals surface area (Å²) < 4.78 is 26.2. The highest BCUT2D eigenvalue weighted by molar-refractivity contribution is 5.33. The van der Waals surface area contributed by atoms with Gasteiger partial charge in [-0.2, -0.15) is 0 Å². The van der Waals surface area contributed by atoms with Crippen LogP contribution in [0.1, 0.15) is 24.7 Å². The van der Waals surface area contributed by atoms with Crippen LogP contribution in [0.3, 0.4) is 0 Å². The van der Waals surface area contributed by atoms with E-state index in [9.17, 15) is 8.78 Å². The fourth-order valence-corrected chi connectivity index (χ4v) is 1.73. The Hall–Kier alpha value is -2.04. The van der Waals surface area contributed by atoms with Crippen molar-refractivity contribution in [2.45, 2.75) is 19.8 Å². The molecule has 0 saturated carbocycles. The monoisotopic (exact) mass is 263 g/mol. The van der Waals surface area contributed by atoms with Gasteiger partial charge in [0.05, 0.1) is 0 Å².